The van der Waals surface area contributed by atoms with Crippen molar-refractivity contribution in [2.24, 2.45) is 0 Å². The molecular weight excluding hydrogens is 585 g/mol. The zero-order valence-electron chi connectivity index (χ0n) is 26.0. The second-order valence-electron chi connectivity index (χ2n) is 11.9. The van der Waals surface area contributed by atoms with Gasteiger partial charge in [0.25, 0.3) is 0 Å². The van der Waals surface area contributed by atoms with Crippen molar-refractivity contribution in [2.75, 3.05) is 0 Å². The van der Waals surface area contributed by atoms with Gasteiger partial charge < -0.3 is 0 Å². The van der Waals surface area contributed by atoms with Crippen molar-refractivity contribution in [1.82, 2.24) is 19.9 Å². The van der Waals surface area contributed by atoms with Gasteiger partial charge in [-0.05, 0) is 34.0 Å². The third kappa shape index (κ3) is 4.88. The summed E-state index contributed by atoms with van der Waals surface area (Å²) in [5, 5.41) is 5.81. The van der Waals surface area contributed by atoms with Gasteiger partial charge >= 0.3 is 0 Å². The predicted molar refractivity (Wildman–Crippen MR) is 197 cm³/mol. The summed E-state index contributed by atoms with van der Waals surface area (Å²) >= 11 is 0. The third-order valence-corrected chi connectivity index (χ3v) is 8.89. The third-order valence-electron chi connectivity index (χ3n) is 8.89. The summed E-state index contributed by atoms with van der Waals surface area (Å²) in [4.78, 5) is 20.3. The molecule has 0 saturated heterocycles. The number of pyridine rings is 1. The quantitative estimate of drug-likeness (QED) is 0.181. The number of nitrogens with zero attached hydrogens (tertiary/aromatic N) is 4. The fraction of sp³-hybridized carbons (Fsp3) is 0. The van der Waals surface area contributed by atoms with Crippen LogP contribution in [0.2, 0.25) is 0 Å². The van der Waals surface area contributed by atoms with Crippen LogP contribution in [0.15, 0.2) is 170 Å². The molecule has 0 spiro atoms. The standard InChI is InChI=1S/C44H28N4/c1-5-15-29(16-6-1)37-28-38-40(35-24-14-13-23-34(35)37)36-26-25-33(27-39(36)45-41(38)30-17-7-2-8-18-30)44-47-42(31-19-9-3-10-20-31)46-43(48-44)32-21-11-4-12-22-32/h1-28H. The van der Waals surface area contributed by atoms with Crippen LogP contribution in [0.5, 0.6) is 0 Å². The van der Waals surface area contributed by atoms with Gasteiger partial charge in [-0.1, -0.05) is 158 Å². The number of fused-ring (bicyclic) bond motifs is 5. The lowest BCUT2D eigenvalue weighted by molar-refractivity contribution is 1.07. The van der Waals surface area contributed by atoms with Crippen LogP contribution in [0.1, 0.15) is 0 Å². The van der Waals surface area contributed by atoms with Gasteiger partial charge in [-0.2, -0.15) is 0 Å². The lowest BCUT2D eigenvalue weighted by Crippen LogP contribution is -2.00. The number of benzene rings is 7. The Hall–Kier alpha value is -6.52. The molecule has 0 bridgehead atoms. The molecule has 0 unspecified atom stereocenters. The Kier molecular flexibility index (Phi) is 6.76. The monoisotopic (exact) mass is 612 g/mol. The number of hydrogen-bond donors (Lipinski definition) is 0. The van der Waals surface area contributed by atoms with Gasteiger partial charge in [0.05, 0.1) is 11.2 Å². The van der Waals surface area contributed by atoms with Gasteiger partial charge in [0.2, 0.25) is 0 Å². The second kappa shape index (κ2) is 11.7. The molecule has 0 aliphatic rings. The summed E-state index contributed by atoms with van der Waals surface area (Å²) in [7, 11) is 0. The zero-order chi connectivity index (χ0) is 31.9. The molecule has 224 valence electrons. The van der Waals surface area contributed by atoms with Crippen LogP contribution in [-0.2, 0) is 0 Å². The normalized spacial score (nSPS) is 11.3. The molecule has 0 amide bonds. The molecule has 4 nitrogen and oxygen atoms in total. The van der Waals surface area contributed by atoms with E-state index in [9.17, 15) is 0 Å². The molecule has 9 rings (SSSR count). The molecular formula is C44H28N4. The predicted octanol–water partition coefficient (Wildman–Crippen LogP) is 11.1. The van der Waals surface area contributed by atoms with Crippen LogP contribution in [0.3, 0.4) is 0 Å². The topological polar surface area (TPSA) is 51.6 Å². The van der Waals surface area contributed by atoms with E-state index in [4.69, 9.17) is 19.9 Å². The maximum absolute atomic E-state index is 5.39. The first-order chi connectivity index (χ1) is 23.8. The first-order valence-electron chi connectivity index (χ1n) is 16.1. The van der Waals surface area contributed by atoms with E-state index in [1.165, 1.54) is 27.3 Å². The molecule has 0 atom stereocenters. The fourth-order valence-electron chi connectivity index (χ4n) is 6.62. The van der Waals surface area contributed by atoms with E-state index in [-0.39, 0.29) is 0 Å². The average molecular weight is 613 g/mol. The molecule has 4 heteroatoms. The largest absolute Gasteiger partial charge is 0.247 e. The zero-order valence-corrected chi connectivity index (χ0v) is 26.0. The van der Waals surface area contributed by atoms with Crippen molar-refractivity contribution in [2.45, 2.75) is 0 Å². The van der Waals surface area contributed by atoms with E-state index in [0.29, 0.717) is 17.5 Å². The van der Waals surface area contributed by atoms with E-state index < -0.39 is 0 Å². The van der Waals surface area contributed by atoms with Crippen molar-refractivity contribution < 1.29 is 0 Å². The number of aromatic nitrogens is 4. The molecule has 2 heterocycles. The van der Waals surface area contributed by atoms with Crippen LogP contribution >= 0.6 is 0 Å². The Morgan fingerprint density at radius 2 is 0.771 bits per heavy atom. The Labute approximate surface area is 278 Å². The summed E-state index contributed by atoms with van der Waals surface area (Å²) in [6, 6.07) is 58.7. The second-order valence-corrected chi connectivity index (χ2v) is 11.9. The van der Waals surface area contributed by atoms with Crippen molar-refractivity contribution in [1.29, 1.82) is 0 Å². The molecule has 0 aliphatic heterocycles. The van der Waals surface area contributed by atoms with E-state index in [1.54, 1.807) is 0 Å². The SMILES string of the molecule is c1ccc(-c2nc(-c3ccccc3)nc(-c3ccc4c(c3)nc(-c3ccccc3)c3cc(-c5ccccc5)c5ccccc5c34)n2)cc1. The summed E-state index contributed by atoms with van der Waals surface area (Å²) in [6.07, 6.45) is 0. The van der Waals surface area contributed by atoms with E-state index in [0.717, 1.165) is 44.2 Å². The van der Waals surface area contributed by atoms with Gasteiger partial charge in [-0.15, -0.1) is 0 Å². The molecule has 9 aromatic rings. The summed E-state index contributed by atoms with van der Waals surface area (Å²) < 4.78 is 0. The molecule has 0 radical (unpaired) electrons. The Balaban J connectivity index is 1.33. The van der Waals surface area contributed by atoms with E-state index in [1.807, 2.05) is 66.7 Å². The highest BCUT2D eigenvalue weighted by molar-refractivity contribution is 6.25. The minimum atomic E-state index is 0.608. The Bertz CT molecular complexity index is 2530. The molecule has 7 aromatic carbocycles. The van der Waals surface area contributed by atoms with Gasteiger partial charge in [-0.25, -0.2) is 19.9 Å². The van der Waals surface area contributed by atoms with Crippen molar-refractivity contribution in [3.8, 4) is 56.5 Å². The fourth-order valence-corrected chi connectivity index (χ4v) is 6.62. The molecule has 0 saturated carbocycles. The van der Waals surface area contributed by atoms with Gasteiger partial charge in [-0.3, -0.25) is 0 Å². The van der Waals surface area contributed by atoms with Crippen molar-refractivity contribution in [3.63, 3.8) is 0 Å². The molecule has 0 fully saturated rings. The van der Waals surface area contributed by atoms with E-state index in [2.05, 4.69) is 103 Å². The highest BCUT2D eigenvalue weighted by Crippen LogP contribution is 2.42. The molecule has 2 aromatic heterocycles. The first kappa shape index (κ1) is 27.8. The summed E-state index contributed by atoms with van der Waals surface area (Å²) in [6.45, 7) is 0. The van der Waals surface area contributed by atoms with Gasteiger partial charge in [0.15, 0.2) is 17.5 Å². The van der Waals surface area contributed by atoms with E-state index >= 15 is 0 Å². The minimum Gasteiger partial charge on any atom is -0.247 e. The lowest BCUT2D eigenvalue weighted by atomic mass is 9.89. The summed E-state index contributed by atoms with van der Waals surface area (Å²) in [5.41, 5.74) is 8.05. The highest BCUT2D eigenvalue weighted by Gasteiger charge is 2.18. The maximum atomic E-state index is 5.39. The van der Waals surface area contributed by atoms with Crippen LogP contribution in [0.4, 0.5) is 0 Å². The van der Waals surface area contributed by atoms with Crippen LogP contribution < -0.4 is 0 Å². The Morgan fingerprint density at radius 3 is 1.35 bits per heavy atom. The first-order valence-corrected chi connectivity index (χ1v) is 16.1. The lowest BCUT2D eigenvalue weighted by Gasteiger charge is -2.16. The number of hydrogen-bond acceptors (Lipinski definition) is 4. The number of rotatable bonds is 5. The van der Waals surface area contributed by atoms with Crippen molar-refractivity contribution >= 4 is 32.4 Å². The maximum Gasteiger partial charge on any atom is 0.164 e. The molecule has 0 aliphatic carbocycles. The summed E-state index contributed by atoms with van der Waals surface area (Å²) in [5.74, 6) is 1.88. The molecule has 48 heavy (non-hydrogen) atoms. The molecule has 0 N–H and O–H groups in total. The van der Waals surface area contributed by atoms with Gasteiger partial charge in [0, 0.05) is 38.4 Å². The van der Waals surface area contributed by atoms with Crippen LogP contribution in [0.25, 0.3) is 89.0 Å². The van der Waals surface area contributed by atoms with Crippen molar-refractivity contribution in [3.05, 3.63) is 170 Å². The van der Waals surface area contributed by atoms with Crippen LogP contribution in [0, 0.1) is 0 Å². The minimum absolute atomic E-state index is 0.608. The van der Waals surface area contributed by atoms with Crippen LogP contribution in [-0.4, -0.2) is 19.9 Å². The average Bonchev–Trinajstić information content (AvgIpc) is 3.18. The van der Waals surface area contributed by atoms with Gasteiger partial charge in [0.1, 0.15) is 0 Å². The highest BCUT2D eigenvalue weighted by atomic mass is 15.0. The smallest absolute Gasteiger partial charge is 0.164 e. The Morgan fingerprint density at radius 1 is 0.292 bits per heavy atom.